The standard InChI is InChI=1S/C7H2Br2ClFN2O/c8-7(9)3-4(10)2(11)1-12-5(3)13-6(7)14/h1H,(H,12,13,14). The van der Waals surface area contributed by atoms with Crippen LogP contribution >= 0.6 is 43.5 Å². The third-order valence-corrected chi connectivity index (χ3v) is 3.69. The van der Waals surface area contributed by atoms with E-state index in [0.29, 0.717) is 0 Å². The molecule has 0 saturated heterocycles. The maximum atomic E-state index is 13.1. The number of carbonyl (C=O) groups is 1. The van der Waals surface area contributed by atoms with E-state index in [1.165, 1.54) is 0 Å². The molecule has 0 radical (unpaired) electrons. The first kappa shape index (κ1) is 10.3. The minimum absolute atomic E-state index is 0.123. The largest absolute Gasteiger partial charge is 0.308 e. The van der Waals surface area contributed by atoms with Crippen molar-refractivity contribution in [1.29, 1.82) is 0 Å². The van der Waals surface area contributed by atoms with E-state index in [0.717, 1.165) is 6.20 Å². The normalized spacial score (nSPS) is 17.9. The Labute approximate surface area is 100 Å². The molecule has 1 aromatic heterocycles. The van der Waals surface area contributed by atoms with Crippen molar-refractivity contribution in [2.24, 2.45) is 0 Å². The monoisotopic (exact) mass is 342 g/mol. The van der Waals surface area contributed by atoms with E-state index < -0.39 is 9.05 Å². The molecule has 0 bridgehead atoms. The van der Waals surface area contributed by atoms with E-state index in [1.807, 2.05) is 0 Å². The molecular weight excluding hydrogens is 342 g/mol. The molecule has 2 rings (SSSR count). The Morgan fingerprint density at radius 2 is 2.21 bits per heavy atom. The van der Waals surface area contributed by atoms with Gasteiger partial charge in [0.05, 0.1) is 16.8 Å². The molecule has 1 aromatic rings. The molecule has 1 N–H and O–H groups in total. The van der Waals surface area contributed by atoms with E-state index in [-0.39, 0.29) is 22.3 Å². The lowest BCUT2D eigenvalue weighted by molar-refractivity contribution is -0.115. The highest BCUT2D eigenvalue weighted by atomic mass is 79.9. The Morgan fingerprint density at radius 3 is 2.86 bits per heavy atom. The van der Waals surface area contributed by atoms with Crippen molar-refractivity contribution in [3.05, 3.63) is 22.6 Å². The second-order valence-electron chi connectivity index (χ2n) is 2.67. The van der Waals surface area contributed by atoms with Crippen molar-refractivity contribution < 1.29 is 9.18 Å². The predicted octanol–water partition coefficient (Wildman–Crippen LogP) is 2.77. The average Bonchev–Trinajstić information content (AvgIpc) is 2.32. The van der Waals surface area contributed by atoms with Gasteiger partial charge in [-0.15, -0.1) is 0 Å². The molecule has 0 aliphatic carbocycles. The summed E-state index contributed by atoms with van der Waals surface area (Å²) in [5.41, 5.74) is 0.268. The maximum Gasteiger partial charge on any atom is 0.258 e. The third kappa shape index (κ3) is 1.28. The Morgan fingerprint density at radius 1 is 1.57 bits per heavy atom. The molecular formula is C7H2Br2ClFN2O. The lowest BCUT2D eigenvalue weighted by Gasteiger charge is -2.11. The first-order valence-corrected chi connectivity index (χ1v) is 5.44. The minimum atomic E-state index is -1.19. The molecule has 1 aliphatic rings. The molecule has 0 atom stereocenters. The van der Waals surface area contributed by atoms with Crippen molar-refractivity contribution in [2.75, 3.05) is 5.32 Å². The Kier molecular flexibility index (Phi) is 2.32. The van der Waals surface area contributed by atoms with Crippen LogP contribution < -0.4 is 5.32 Å². The zero-order valence-corrected chi connectivity index (χ0v) is 10.4. The summed E-state index contributed by atoms with van der Waals surface area (Å²) in [5.74, 6) is -0.784. The van der Waals surface area contributed by atoms with Crippen LogP contribution in [0.4, 0.5) is 10.2 Å². The van der Waals surface area contributed by atoms with Crippen molar-refractivity contribution in [1.82, 2.24) is 4.98 Å². The molecule has 0 saturated carbocycles. The van der Waals surface area contributed by atoms with E-state index in [4.69, 9.17) is 11.6 Å². The molecule has 3 nitrogen and oxygen atoms in total. The van der Waals surface area contributed by atoms with Crippen LogP contribution in [0.3, 0.4) is 0 Å². The number of halogens is 4. The number of hydrogen-bond donors (Lipinski definition) is 1. The van der Waals surface area contributed by atoms with E-state index in [1.54, 1.807) is 0 Å². The van der Waals surface area contributed by atoms with Crippen LogP contribution in [0.5, 0.6) is 0 Å². The van der Waals surface area contributed by atoms with Gasteiger partial charge in [0.1, 0.15) is 5.82 Å². The number of pyridine rings is 1. The first-order valence-electron chi connectivity index (χ1n) is 3.48. The van der Waals surface area contributed by atoms with Crippen LogP contribution in [-0.4, -0.2) is 10.9 Å². The summed E-state index contributed by atoms with van der Waals surface area (Å²) in [7, 11) is 0. The maximum absolute atomic E-state index is 13.1. The van der Waals surface area contributed by atoms with Gasteiger partial charge in [-0.3, -0.25) is 4.79 Å². The Balaban J connectivity index is 2.74. The van der Waals surface area contributed by atoms with Gasteiger partial charge in [-0.2, -0.15) is 0 Å². The van der Waals surface area contributed by atoms with Crippen molar-refractivity contribution in [3.63, 3.8) is 0 Å². The lowest BCUT2D eigenvalue weighted by atomic mass is 10.2. The summed E-state index contributed by atoms with van der Waals surface area (Å²) in [5, 5.41) is 2.34. The molecule has 0 aromatic carbocycles. The van der Waals surface area contributed by atoms with Crippen molar-refractivity contribution >= 4 is 55.2 Å². The van der Waals surface area contributed by atoms with Crippen LogP contribution in [0.2, 0.25) is 5.02 Å². The third-order valence-electron chi connectivity index (χ3n) is 1.80. The number of aromatic nitrogens is 1. The number of carbonyl (C=O) groups excluding carboxylic acids is 1. The fraction of sp³-hybridized carbons (Fsp3) is 0.143. The van der Waals surface area contributed by atoms with Gasteiger partial charge in [0.15, 0.2) is 9.05 Å². The number of amides is 1. The van der Waals surface area contributed by atoms with Gasteiger partial charge < -0.3 is 5.32 Å². The van der Waals surface area contributed by atoms with E-state index in [2.05, 4.69) is 42.2 Å². The number of alkyl halides is 2. The van der Waals surface area contributed by atoms with Gasteiger partial charge in [0.2, 0.25) is 0 Å². The number of hydrogen-bond acceptors (Lipinski definition) is 2. The molecule has 2 heterocycles. The summed E-state index contributed by atoms with van der Waals surface area (Å²) in [6.07, 6.45) is 0.961. The molecule has 7 heteroatoms. The van der Waals surface area contributed by atoms with Crippen LogP contribution in [0.15, 0.2) is 6.20 Å². The molecule has 0 unspecified atom stereocenters. The molecule has 1 aliphatic heterocycles. The van der Waals surface area contributed by atoms with Gasteiger partial charge in [-0.05, 0) is 0 Å². The number of nitrogens with zero attached hydrogens (tertiary/aromatic N) is 1. The van der Waals surface area contributed by atoms with Gasteiger partial charge in [0.25, 0.3) is 5.91 Å². The Hall–Kier alpha value is -0.200. The van der Waals surface area contributed by atoms with Crippen LogP contribution in [0, 0.1) is 5.82 Å². The summed E-state index contributed by atoms with van der Waals surface area (Å²) in [6, 6.07) is 0. The number of nitrogens with one attached hydrogen (secondary N) is 1. The smallest absolute Gasteiger partial charge is 0.258 e. The molecule has 1 amide bonds. The highest BCUT2D eigenvalue weighted by Gasteiger charge is 2.46. The van der Waals surface area contributed by atoms with Gasteiger partial charge in [-0.25, -0.2) is 9.37 Å². The van der Waals surface area contributed by atoms with Crippen LogP contribution in [-0.2, 0) is 8.03 Å². The lowest BCUT2D eigenvalue weighted by Crippen LogP contribution is -2.20. The summed E-state index contributed by atoms with van der Waals surface area (Å²) in [4.78, 5) is 15.1. The number of rotatable bonds is 0. The minimum Gasteiger partial charge on any atom is -0.308 e. The average molecular weight is 344 g/mol. The van der Waals surface area contributed by atoms with Crippen molar-refractivity contribution in [2.45, 2.75) is 3.23 Å². The highest BCUT2D eigenvalue weighted by Crippen LogP contribution is 2.50. The SMILES string of the molecule is O=C1Nc2ncc(F)c(Cl)c2C1(Br)Br. The molecule has 0 spiro atoms. The number of fused-ring (bicyclic) bond motifs is 1. The number of anilines is 1. The topological polar surface area (TPSA) is 42.0 Å². The summed E-state index contributed by atoms with van der Waals surface area (Å²) < 4.78 is 11.9. The second-order valence-corrected chi connectivity index (χ2v) is 6.49. The van der Waals surface area contributed by atoms with Crippen LogP contribution in [0.25, 0.3) is 0 Å². The fourth-order valence-corrected chi connectivity index (χ4v) is 2.63. The molecule has 14 heavy (non-hydrogen) atoms. The van der Waals surface area contributed by atoms with E-state index in [9.17, 15) is 9.18 Å². The first-order chi connectivity index (χ1) is 6.44. The molecule has 0 fully saturated rings. The summed E-state index contributed by atoms with van der Waals surface area (Å²) >= 11 is 11.9. The Bertz CT molecular complexity index is 438. The zero-order valence-electron chi connectivity index (χ0n) is 6.44. The van der Waals surface area contributed by atoms with Crippen LogP contribution in [0.1, 0.15) is 5.56 Å². The second kappa shape index (κ2) is 3.15. The summed E-state index contributed by atoms with van der Waals surface area (Å²) in [6.45, 7) is 0. The van der Waals surface area contributed by atoms with Crippen molar-refractivity contribution in [3.8, 4) is 0 Å². The highest BCUT2D eigenvalue weighted by molar-refractivity contribution is 9.25. The quantitative estimate of drug-likeness (QED) is 0.736. The van der Waals surface area contributed by atoms with E-state index >= 15 is 0 Å². The fourth-order valence-electron chi connectivity index (χ4n) is 1.15. The predicted molar refractivity (Wildman–Crippen MR) is 57.4 cm³/mol. The van der Waals surface area contributed by atoms with Gasteiger partial charge in [-0.1, -0.05) is 43.5 Å². The zero-order chi connectivity index (χ0) is 10.5. The molecule has 74 valence electrons. The van der Waals surface area contributed by atoms with Gasteiger partial charge >= 0.3 is 0 Å². The van der Waals surface area contributed by atoms with Gasteiger partial charge in [0, 0.05) is 0 Å².